The van der Waals surface area contributed by atoms with Crippen LogP contribution >= 0.6 is 0 Å². The Bertz CT molecular complexity index is 33.8. The van der Waals surface area contributed by atoms with Crippen molar-refractivity contribution in [2.75, 3.05) is 0 Å². The molecule has 6 heavy (non-hydrogen) atoms. The molecule has 0 spiro atoms. The van der Waals surface area contributed by atoms with Gasteiger partial charge in [-0.1, -0.05) is 0 Å². The SMILES string of the molecule is O=C(O)O.[Cs+].[I-]. The summed E-state index contributed by atoms with van der Waals surface area (Å²) in [6.07, 6.45) is -1.83. The van der Waals surface area contributed by atoms with Gasteiger partial charge in [0.2, 0.25) is 0 Å². The first kappa shape index (κ1) is 15.7. The van der Waals surface area contributed by atoms with Crippen molar-refractivity contribution in [1.82, 2.24) is 0 Å². The maximum absolute atomic E-state index is 8.56. The molecule has 0 aromatic carbocycles. The molecule has 0 bridgehead atoms. The zero-order valence-electron chi connectivity index (χ0n) is 3.18. The van der Waals surface area contributed by atoms with Gasteiger partial charge in [-0.05, 0) is 0 Å². The summed E-state index contributed by atoms with van der Waals surface area (Å²) < 4.78 is 0. The van der Waals surface area contributed by atoms with E-state index in [0.717, 1.165) is 0 Å². The molecule has 0 heterocycles. The minimum absolute atomic E-state index is 0. The minimum atomic E-state index is -1.83. The number of halogens is 1. The van der Waals surface area contributed by atoms with E-state index in [0.29, 0.717) is 0 Å². The van der Waals surface area contributed by atoms with Crippen LogP contribution in [0.15, 0.2) is 0 Å². The van der Waals surface area contributed by atoms with Crippen LogP contribution in [0.3, 0.4) is 0 Å². The minimum Gasteiger partial charge on any atom is -1.00 e. The summed E-state index contributed by atoms with van der Waals surface area (Å²) in [4.78, 5) is 8.56. The summed E-state index contributed by atoms with van der Waals surface area (Å²) in [7, 11) is 0. The smallest absolute Gasteiger partial charge is 1.00 e. The van der Waals surface area contributed by atoms with E-state index in [1.807, 2.05) is 0 Å². The fraction of sp³-hybridized carbons (Fsp3) is 0. The fourth-order valence-electron chi connectivity index (χ4n) is 0. The molecule has 0 fully saturated rings. The molecule has 0 radical (unpaired) electrons. The molecule has 0 unspecified atom stereocenters. The first-order valence-electron chi connectivity index (χ1n) is 0.651. The van der Waals surface area contributed by atoms with Crippen LogP contribution in [0.4, 0.5) is 4.79 Å². The monoisotopic (exact) mass is 322 g/mol. The molecule has 3 nitrogen and oxygen atoms in total. The molecule has 0 atom stereocenters. The van der Waals surface area contributed by atoms with Crippen LogP contribution in [-0.2, 0) is 0 Å². The van der Waals surface area contributed by atoms with Crippen LogP contribution in [0, 0.1) is 0 Å². The van der Waals surface area contributed by atoms with Crippen LogP contribution in [-0.4, -0.2) is 16.4 Å². The molecule has 5 heteroatoms. The van der Waals surface area contributed by atoms with Crippen molar-refractivity contribution >= 4 is 6.16 Å². The van der Waals surface area contributed by atoms with Crippen molar-refractivity contribution in [3.63, 3.8) is 0 Å². The van der Waals surface area contributed by atoms with E-state index >= 15 is 0 Å². The molecule has 0 aromatic heterocycles. The van der Waals surface area contributed by atoms with Gasteiger partial charge >= 0.3 is 75.0 Å². The Balaban J connectivity index is -0.0000000450. The van der Waals surface area contributed by atoms with E-state index in [-0.39, 0.29) is 92.9 Å². The van der Waals surface area contributed by atoms with Crippen molar-refractivity contribution in [2.24, 2.45) is 0 Å². The second-order valence-electron chi connectivity index (χ2n) is 0.283. The third-order valence-corrected chi connectivity index (χ3v) is 0. The van der Waals surface area contributed by atoms with E-state index in [4.69, 9.17) is 15.0 Å². The van der Waals surface area contributed by atoms with Crippen LogP contribution < -0.4 is 92.9 Å². The van der Waals surface area contributed by atoms with Gasteiger partial charge in [0.1, 0.15) is 0 Å². The molecular weight excluding hydrogens is 320 g/mol. The first-order chi connectivity index (χ1) is 1.73. The Kier molecular flexibility index (Phi) is 26.5. The van der Waals surface area contributed by atoms with Gasteiger partial charge in [-0.25, -0.2) is 4.79 Å². The van der Waals surface area contributed by atoms with Gasteiger partial charge < -0.3 is 34.2 Å². The molecule has 2 N–H and O–H groups in total. The molecule has 0 aliphatic carbocycles. The fourth-order valence-corrected chi connectivity index (χ4v) is 0. The normalized spacial score (nSPS) is 4.00. The predicted octanol–water partition coefficient (Wildman–Crippen LogP) is -5.77. The maximum atomic E-state index is 8.56. The Morgan fingerprint density at radius 2 is 1.33 bits per heavy atom. The van der Waals surface area contributed by atoms with Gasteiger partial charge in [0.15, 0.2) is 0 Å². The van der Waals surface area contributed by atoms with Crippen LogP contribution in [0.5, 0.6) is 0 Å². The van der Waals surface area contributed by atoms with Crippen LogP contribution in [0.1, 0.15) is 0 Å². The zero-order valence-corrected chi connectivity index (χ0v) is 11.6. The summed E-state index contributed by atoms with van der Waals surface area (Å²) in [5, 5.41) is 13.9. The number of carboxylic acid groups (broad SMARTS) is 2. The second kappa shape index (κ2) is 10.1. The van der Waals surface area contributed by atoms with Gasteiger partial charge in [0.25, 0.3) is 0 Å². The number of rotatable bonds is 0. The predicted molar refractivity (Wildman–Crippen MR) is 10.7 cm³/mol. The standard InChI is InChI=1S/CH2O3.Cs.HI/c2-1(3)4;;/h(H2,2,3,4);;1H/q;+1;/p-1. The van der Waals surface area contributed by atoms with E-state index in [1.165, 1.54) is 0 Å². The van der Waals surface area contributed by atoms with Gasteiger partial charge in [0.05, 0.1) is 0 Å². The van der Waals surface area contributed by atoms with E-state index in [9.17, 15) is 0 Å². The second-order valence-corrected chi connectivity index (χ2v) is 0.283. The summed E-state index contributed by atoms with van der Waals surface area (Å²) in [6, 6.07) is 0. The van der Waals surface area contributed by atoms with Gasteiger partial charge in [-0.2, -0.15) is 0 Å². The van der Waals surface area contributed by atoms with E-state index in [2.05, 4.69) is 0 Å². The number of hydrogen-bond acceptors (Lipinski definition) is 1. The molecular formula is CH2CsIO3. The number of hydrogen-bond donors (Lipinski definition) is 2. The van der Waals surface area contributed by atoms with Crippen LogP contribution in [0.25, 0.3) is 0 Å². The topological polar surface area (TPSA) is 57.5 Å². The molecule has 0 saturated heterocycles. The van der Waals surface area contributed by atoms with Gasteiger partial charge in [-0.3, -0.25) is 0 Å². The van der Waals surface area contributed by atoms with Gasteiger partial charge in [0, 0.05) is 0 Å². The van der Waals surface area contributed by atoms with Crippen molar-refractivity contribution < 1.29 is 108 Å². The third-order valence-electron chi connectivity index (χ3n) is 0. The van der Waals surface area contributed by atoms with E-state index in [1.54, 1.807) is 0 Å². The Morgan fingerprint density at radius 3 is 1.33 bits per heavy atom. The summed E-state index contributed by atoms with van der Waals surface area (Å²) in [5.41, 5.74) is 0. The molecule has 32 valence electrons. The molecule has 0 aliphatic rings. The Labute approximate surface area is 111 Å². The van der Waals surface area contributed by atoms with Crippen LogP contribution in [0.2, 0.25) is 0 Å². The Morgan fingerprint density at radius 1 is 1.33 bits per heavy atom. The average molecular weight is 322 g/mol. The zero-order chi connectivity index (χ0) is 3.58. The third kappa shape index (κ3) is 36.7. The summed E-state index contributed by atoms with van der Waals surface area (Å²) >= 11 is 0. The van der Waals surface area contributed by atoms with Crippen molar-refractivity contribution in [3.05, 3.63) is 0 Å². The maximum Gasteiger partial charge on any atom is 1.00 e. The largest absolute Gasteiger partial charge is 1.00 e. The first-order valence-corrected chi connectivity index (χ1v) is 0.651. The molecule has 0 amide bonds. The number of carbonyl (C=O) groups is 1. The quantitative estimate of drug-likeness (QED) is 0.437. The molecule has 0 saturated carbocycles. The molecule has 0 aliphatic heterocycles. The summed E-state index contributed by atoms with van der Waals surface area (Å²) in [6.45, 7) is 0. The van der Waals surface area contributed by atoms with Crippen molar-refractivity contribution in [1.29, 1.82) is 0 Å². The van der Waals surface area contributed by atoms with Crippen molar-refractivity contribution in [3.8, 4) is 0 Å². The molecule has 0 rings (SSSR count). The van der Waals surface area contributed by atoms with Crippen molar-refractivity contribution in [2.45, 2.75) is 0 Å². The Hall–Kier alpha value is 2.05. The van der Waals surface area contributed by atoms with Gasteiger partial charge in [-0.15, -0.1) is 0 Å². The molecule has 0 aromatic rings. The van der Waals surface area contributed by atoms with E-state index < -0.39 is 6.16 Å². The summed E-state index contributed by atoms with van der Waals surface area (Å²) in [5.74, 6) is 0. The average Bonchev–Trinajstić information content (AvgIpc) is 0.811.